The summed E-state index contributed by atoms with van der Waals surface area (Å²) in [7, 11) is 3.21. The van der Waals surface area contributed by atoms with Gasteiger partial charge in [0, 0.05) is 12.6 Å². The van der Waals surface area contributed by atoms with Crippen molar-refractivity contribution >= 4 is 0 Å². The summed E-state index contributed by atoms with van der Waals surface area (Å²) < 4.78 is 48.6. The molecule has 0 radical (unpaired) electrons. The van der Waals surface area contributed by atoms with Gasteiger partial charge in [-0.1, -0.05) is 12.1 Å². The van der Waals surface area contributed by atoms with Crippen molar-refractivity contribution in [1.82, 2.24) is 5.32 Å². The maximum atomic E-state index is 12.6. The first-order valence-corrected chi connectivity index (χ1v) is 9.14. The number of methoxy groups -OCH3 is 2. The molecule has 1 aliphatic rings. The molecule has 152 valence electrons. The minimum atomic E-state index is -4.37. The van der Waals surface area contributed by atoms with E-state index in [4.69, 9.17) is 9.47 Å². The minimum Gasteiger partial charge on any atom is -0.493 e. The van der Waals surface area contributed by atoms with E-state index >= 15 is 0 Å². The Balaban J connectivity index is 1.60. The zero-order valence-corrected chi connectivity index (χ0v) is 15.8. The third-order valence-electron chi connectivity index (χ3n) is 5.16. The molecule has 0 fully saturated rings. The van der Waals surface area contributed by atoms with Gasteiger partial charge in [0.1, 0.15) is 0 Å². The van der Waals surface area contributed by atoms with Crippen molar-refractivity contribution in [2.75, 3.05) is 20.8 Å². The number of ether oxygens (including phenoxy) is 2. The lowest BCUT2D eigenvalue weighted by Gasteiger charge is -2.27. The molecular weight excluding hydrogens is 371 g/mol. The van der Waals surface area contributed by atoms with Crippen LogP contribution in [0.4, 0.5) is 13.2 Å². The van der Waals surface area contributed by atoms with Crippen LogP contribution in [0, 0.1) is 0 Å². The smallest absolute Gasteiger partial charge is 0.416 e. The van der Waals surface area contributed by atoms with E-state index in [1.807, 2.05) is 12.1 Å². The van der Waals surface area contributed by atoms with Gasteiger partial charge in [-0.2, -0.15) is 13.2 Å². The molecule has 0 spiro atoms. The highest BCUT2D eigenvalue weighted by atomic mass is 19.4. The summed E-state index contributed by atoms with van der Waals surface area (Å²) in [5.41, 5.74) is 2.14. The lowest BCUT2D eigenvalue weighted by molar-refractivity contribution is -0.137. The number of benzene rings is 2. The van der Waals surface area contributed by atoms with Crippen LogP contribution >= 0.6 is 0 Å². The number of aliphatic hydroxyl groups is 1. The summed E-state index contributed by atoms with van der Waals surface area (Å²) in [4.78, 5) is 0. The van der Waals surface area contributed by atoms with E-state index in [0.29, 0.717) is 17.1 Å². The van der Waals surface area contributed by atoms with E-state index in [2.05, 4.69) is 5.32 Å². The maximum Gasteiger partial charge on any atom is 0.416 e. The Hall–Kier alpha value is -2.25. The molecule has 0 aromatic heterocycles. The van der Waals surface area contributed by atoms with Crippen LogP contribution in [0.1, 0.15) is 34.8 Å². The molecule has 0 heterocycles. The third kappa shape index (κ3) is 4.59. The fourth-order valence-corrected chi connectivity index (χ4v) is 3.55. The van der Waals surface area contributed by atoms with Crippen molar-refractivity contribution in [2.24, 2.45) is 0 Å². The third-order valence-corrected chi connectivity index (χ3v) is 5.16. The topological polar surface area (TPSA) is 50.7 Å². The molecule has 0 bridgehead atoms. The number of nitrogens with one attached hydrogen (secondary N) is 1. The van der Waals surface area contributed by atoms with Crippen LogP contribution in [-0.4, -0.2) is 31.9 Å². The summed E-state index contributed by atoms with van der Waals surface area (Å²) in [5.74, 6) is 1.40. The second kappa shape index (κ2) is 8.41. The molecule has 28 heavy (non-hydrogen) atoms. The van der Waals surface area contributed by atoms with Gasteiger partial charge in [0.05, 0.1) is 25.9 Å². The SMILES string of the molecule is COc1cc2c(cc1OC)CC(NCC(O)c1ccc(C(F)(F)F)cc1)CC2. The molecule has 7 heteroatoms. The molecule has 0 saturated carbocycles. The lowest BCUT2D eigenvalue weighted by Crippen LogP contribution is -2.37. The Kier molecular flexibility index (Phi) is 6.15. The Morgan fingerprint density at radius 2 is 1.68 bits per heavy atom. The quantitative estimate of drug-likeness (QED) is 0.779. The van der Waals surface area contributed by atoms with Crippen LogP contribution in [0.5, 0.6) is 11.5 Å². The van der Waals surface area contributed by atoms with Gasteiger partial charge < -0.3 is 19.9 Å². The summed E-state index contributed by atoms with van der Waals surface area (Å²) in [6.07, 6.45) is -2.67. The molecule has 2 unspecified atom stereocenters. The van der Waals surface area contributed by atoms with Crippen molar-refractivity contribution in [2.45, 2.75) is 37.6 Å². The van der Waals surface area contributed by atoms with Crippen LogP contribution in [0.2, 0.25) is 0 Å². The van der Waals surface area contributed by atoms with Crippen molar-refractivity contribution in [3.05, 3.63) is 58.7 Å². The molecule has 2 atom stereocenters. The molecule has 0 amide bonds. The highest BCUT2D eigenvalue weighted by Crippen LogP contribution is 2.34. The van der Waals surface area contributed by atoms with Crippen LogP contribution < -0.4 is 14.8 Å². The first-order chi connectivity index (χ1) is 13.3. The van der Waals surface area contributed by atoms with E-state index in [-0.39, 0.29) is 12.6 Å². The number of fused-ring (bicyclic) bond motifs is 1. The monoisotopic (exact) mass is 395 g/mol. The Labute approximate surface area is 162 Å². The molecule has 2 aromatic rings. The molecule has 3 rings (SSSR count). The van der Waals surface area contributed by atoms with Crippen LogP contribution in [-0.2, 0) is 19.0 Å². The minimum absolute atomic E-state index is 0.176. The van der Waals surface area contributed by atoms with E-state index < -0.39 is 17.8 Å². The molecule has 0 aliphatic heterocycles. The van der Waals surface area contributed by atoms with Crippen molar-refractivity contribution in [1.29, 1.82) is 0 Å². The van der Waals surface area contributed by atoms with Gasteiger partial charge >= 0.3 is 6.18 Å². The molecule has 2 aromatic carbocycles. The van der Waals surface area contributed by atoms with Gasteiger partial charge in [0.2, 0.25) is 0 Å². The lowest BCUT2D eigenvalue weighted by atomic mass is 9.87. The predicted octanol–water partition coefficient (Wildman–Crippen LogP) is 3.90. The van der Waals surface area contributed by atoms with Gasteiger partial charge in [-0.05, 0) is 60.2 Å². The van der Waals surface area contributed by atoms with E-state index in [1.165, 1.54) is 23.3 Å². The van der Waals surface area contributed by atoms with E-state index in [9.17, 15) is 18.3 Å². The molecule has 2 N–H and O–H groups in total. The van der Waals surface area contributed by atoms with E-state index in [0.717, 1.165) is 31.4 Å². The molecule has 1 aliphatic carbocycles. The normalized spacial score (nSPS) is 17.7. The zero-order valence-electron chi connectivity index (χ0n) is 15.8. The largest absolute Gasteiger partial charge is 0.493 e. The Bertz CT molecular complexity index is 806. The van der Waals surface area contributed by atoms with Gasteiger partial charge in [-0.15, -0.1) is 0 Å². The standard InChI is InChI=1S/C21H24F3NO3/c1-27-19-10-14-5-8-17(9-15(14)11-20(19)28-2)25-12-18(26)13-3-6-16(7-4-13)21(22,23)24/h3-4,6-7,10-11,17-18,25-26H,5,8-9,12H2,1-2H3. The summed E-state index contributed by atoms with van der Waals surface area (Å²) >= 11 is 0. The van der Waals surface area contributed by atoms with Crippen molar-refractivity contribution < 1.29 is 27.8 Å². The first-order valence-electron chi connectivity index (χ1n) is 9.14. The zero-order chi connectivity index (χ0) is 20.3. The number of hydrogen-bond acceptors (Lipinski definition) is 4. The first kappa shape index (κ1) is 20.5. The number of aliphatic hydroxyl groups excluding tert-OH is 1. The maximum absolute atomic E-state index is 12.6. The van der Waals surface area contributed by atoms with Crippen LogP contribution in [0.3, 0.4) is 0 Å². The predicted molar refractivity (Wildman–Crippen MR) is 99.8 cm³/mol. The Morgan fingerprint density at radius 1 is 1.07 bits per heavy atom. The average molecular weight is 395 g/mol. The van der Waals surface area contributed by atoms with Gasteiger partial charge in [0.15, 0.2) is 11.5 Å². The number of aryl methyl sites for hydroxylation is 1. The molecule has 4 nitrogen and oxygen atoms in total. The number of hydrogen-bond donors (Lipinski definition) is 2. The highest BCUT2D eigenvalue weighted by Gasteiger charge is 2.30. The molecule has 0 saturated heterocycles. The average Bonchev–Trinajstić information content (AvgIpc) is 2.70. The fourth-order valence-electron chi connectivity index (χ4n) is 3.55. The van der Waals surface area contributed by atoms with Crippen molar-refractivity contribution in [3.63, 3.8) is 0 Å². The van der Waals surface area contributed by atoms with Crippen LogP contribution in [0.15, 0.2) is 36.4 Å². The number of halogens is 3. The van der Waals surface area contributed by atoms with Crippen molar-refractivity contribution in [3.8, 4) is 11.5 Å². The Morgan fingerprint density at radius 3 is 2.25 bits per heavy atom. The number of alkyl halides is 3. The van der Waals surface area contributed by atoms with Gasteiger partial charge in [-0.3, -0.25) is 0 Å². The summed E-state index contributed by atoms with van der Waals surface area (Å²) in [6.45, 7) is 0.276. The summed E-state index contributed by atoms with van der Waals surface area (Å²) in [5, 5.41) is 13.6. The summed E-state index contributed by atoms with van der Waals surface area (Å²) in [6, 6.07) is 8.79. The highest BCUT2D eigenvalue weighted by molar-refractivity contribution is 5.48. The van der Waals surface area contributed by atoms with E-state index in [1.54, 1.807) is 14.2 Å². The molecular formula is C21H24F3NO3. The second-order valence-corrected chi connectivity index (χ2v) is 6.96. The second-order valence-electron chi connectivity index (χ2n) is 6.96. The van der Waals surface area contributed by atoms with Gasteiger partial charge in [-0.25, -0.2) is 0 Å². The van der Waals surface area contributed by atoms with Crippen LogP contribution in [0.25, 0.3) is 0 Å². The fraction of sp³-hybridized carbons (Fsp3) is 0.429. The number of rotatable bonds is 6. The van der Waals surface area contributed by atoms with Gasteiger partial charge in [0.25, 0.3) is 0 Å².